The minimum absolute atomic E-state index is 0.374. The van der Waals surface area contributed by atoms with Crippen LogP contribution in [0.15, 0.2) is 59.3 Å². The molecule has 1 N–H and O–H groups in total. The van der Waals surface area contributed by atoms with E-state index < -0.39 is 18.0 Å². The molecule has 0 fully saturated rings. The second-order valence-corrected chi connectivity index (χ2v) is 7.28. The molecule has 26 heavy (non-hydrogen) atoms. The van der Waals surface area contributed by atoms with Crippen molar-refractivity contribution in [2.75, 3.05) is 7.11 Å². The maximum Gasteiger partial charge on any atom is 0.349 e. The van der Waals surface area contributed by atoms with Gasteiger partial charge in [0.25, 0.3) is 5.91 Å². The smallest absolute Gasteiger partial charge is 0.349 e. The number of thiophene rings is 2. The van der Waals surface area contributed by atoms with Gasteiger partial charge in [-0.15, -0.1) is 22.7 Å². The quantitative estimate of drug-likeness (QED) is 0.622. The first-order chi connectivity index (χ1) is 12.7. The molecule has 2 aromatic heterocycles. The van der Waals surface area contributed by atoms with Gasteiger partial charge in [0.2, 0.25) is 6.10 Å². The number of carbonyl (C=O) groups excluding carboxylic acids is 2. The number of rotatable bonds is 7. The molecular weight excluding hydrogens is 370 g/mol. The zero-order valence-electron chi connectivity index (χ0n) is 14.0. The van der Waals surface area contributed by atoms with E-state index in [0.717, 1.165) is 4.88 Å². The summed E-state index contributed by atoms with van der Waals surface area (Å²) in [5.74, 6) is -0.447. The lowest BCUT2D eigenvalue weighted by atomic mass is 10.1. The number of nitrogens with one attached hydrogen (secondary N) is 1. The molecule has 134 valence electrons. The molecule has 3 aromatic rings. The van der Waals surface area contributed by atoms with E-state index >= 15 is 0 Å². The summed E-state index contributed by atoms with van der Waals surface area (Å²) >= 11 is 2.81. The summed E-state index contributed by atoms with van der Waals surface area (Å²) in [4.78, 5) is 26.6. The van der Waals surface area contributed by atoms with Crippen LogP contribution in [0.1, 0.15) is 26.2 Å². The Labute approximate surface area is 159 Å². The summed E-state index contributed by atoms with van der Waals surface area (Å²) in [5.41, 5.74) is 0.503. The molecule has 0 spiro atoms. The second-order valence-electron chi connectivity index (χ2n) is 5.30. The number of hydrogen-bond donors (Lipinski definition) is 1. The van der Waals surface area contributed by atoms with Gasteiger partial charge in [-0.05, 0) is 29.0 Å². The first kappa shape index (κ1) is 18.2. The third-order valence-electron chi connectivity index (χ3n) is 3.62. The highest BCUT2D eigenvalue weighted by Gasteiger charge is 2.28. The van der Waals surface area contributed by atoms with E-state index in [0.29, 0.717) is 22.7 Å². The van der Waals surface area contributed by atoms with Crippen LogP contribution in [0.4, 0.5) is 0 Å². The van der Waals surface area contributed by atoms with E-state index in [2.05, 4.69) is 5.32 Å². The van der Waals surface area contributed by atoms with Crippen LogP contribution in [0.3, 0.4) is 0 Å². The van der Waals surface area contributed by atoms with Crippen molar-refractivity contribution in [1.82, 2.24) is 5.32 Å². The van der Waals surface area contributed by atoms with E-state index in [1.54, 1.807) is 53.1 Å². The third-order valence-corrected chi connectivity index (χ3v) is 5.35. The van der Waals surface area contributed by atoms with E-state index in [1.165, 1.54) is 18.4 Å². The predicted octanol–water partition coefficient (Wildman–Crippen LogP) is 4.03. The molecule has 0 aliphatic rings. The van der Waals surface area contributed by atoms with Crippen LogP contribution >= 0.6 is 22.7 Å². The van der Waals surface area contributed by atoms with Crippen LogP contribution in [0.5, 0.6) is 5.75 Å². The molecule has 0 aliphatic heterocycles. The fraction of sp³-hybridized carbons (Fsp3) is 0.158. The van der Waals surface area contributed by atoms with E-state index in [9.17, 15) is 9.59 Å². The molecule has 1 atom stereocenters. The summed E-state index contributed by atoms with van der Waals surface area (Å²) < 4.78 is 10.9. The Morgan fingerprint density at radius 1 is 1.04 bits per heavy atom. The highest BCUT2D eigenvalue weighted by Crippen LogP contribution is 2.29. The molecule has 2 heterocycles. The highest BCUT2D eigenvalue weighted by molar-refractivity contribution is 7.12. The zero-order chi connectivity index (χ0) is 18.4. The molecule has 0 radical (unpaired) electrons. The van der Waals surface area contributed by atoms with Crippen LogP contribution in [-0.2, 0) is 16.1 Å². The molecule has 0 unspecified atom stereocenters. The zero-order valence-corrected chi connectivity index (χ0v) is 15.6. The van der Waals surface area contributed by atoms with Crippen molar-refractivity contribution in [3.8, 4) is 5.75 Å². The number of ether oxygens (including phenoxy) is 2. The number of hydrogen-bond acceptors (Lipinski definition) is 6. The van der Waals surface area contributed by atoms with E-state index in [-0.39, 0.29) is 0 Å². The van der Waals surface area contributed by atoms with Gasteiger partial charge in [-0.2, -0.15) is 0 Å². The topological polar surface area (TPSA) is 64.6 Å². The molecule has 0 aliphatic carbocycles. The SMILES string of the molecule is COc1ccccc1[C@H](OC(=O)c1cccs1)C(=O)NCc1cccs1. The summed E-state index contributed by atoms with van der Waals surface area (Å²) in [6, 6.07) is 14.3. The number of methoxy groups -OCH3 is 1. The number of benzene rings is 1. The lowest BCUT2D eigenvalue weighted by Crippen LogP contribution is -2.31. The van der Waals surface area contributed by atoms with Gasteiger partial charge >= 0.3 is 5.97 Å². The molecule has 5 nitrogen and oxygen atoms in total. The van der Waals surface area contributed by atoms with Crippen LogP contribution in [0, 0.1) is 0 Å². The Morgan fingerprint density at radius 3 is 2.50 bits per heavy atom. The number of carbonyl (C=O) groups is 2. The van der Waals surface area contributed by atoms with Crippen molar-refractivity contribution in [1.29, 1.82) is 0 Å². The van der Waals surface area contributed by atoms with Crippen LogP contribution in [0.25, 0.3) is 0 Å². The number of amides is 1. The van der Waals surface area contributed by atoms with Crippen molar-refractivity contribution in [2.45, 2.75) is 12.6 Å². The summed E-state index contributed by atoms with van der Waals surface area (Å²) in [7, 11) is 1.51. The Morgan fingerprint density at radius 2 is 1.81 bits per heavy atom. The standard InChI is InChI=1S/C19H17NO4S2/c1-23-15-8-3-2-7-14(15)17(24-19(22)16-9-5-11-26-16)18(21)20-12-13-6-4-10-25-13/h2-11,17H,12H2,1H3,(H,20,21)/t17-/m0/s1. The van der Waals surface area contributed by atoms with Crippen molar-refractivity contribution in [2.24, 2.45) is 0 Å². The molecule has 0 saturated carbocycles. The van der Waals surface area contributed by atoms with Crippen LogP contribution in [-0.4, -0.2) is 19.0 Å². The minimum atomic E-state index is -1.10. The summed E-state index contributed by atoms with van der Waals surface area (Å²) in [6.45, 7) is 0.374. The van der Waals surface area contributed by atoms with E-state index in [4.69, 9.17) is 9.47 Å². The average Bonchev–Trinajstić information content (AvgIpc) is 3.38. The maximum atomic E-state index is 12.8. The summed E-state index contributed by atoms with van der Waals surface area (Å²) in [5, 5.41) is 6.55. The van der Waals surface area contributed by atoms with Crippen molar-refractivity contribution < 1.29 is 19.1 Å². The largest absolute Gasteiger partial charge is 0.496 e. The molecule has 1 aromatic carbocycles. The maximum absolute atomic E-state index is 12.8. The monoisotopic (exact) mass is 387 g/mol. The first-order valence-corrected chi connectivity index (χ1v) is 9.62. The molecule has 7 heteroatoms. The minimum Gasteiger partial charge on any atom is -0.496 e. The fourth-order valence-corrected chi connectivity index (χ4v) is 3.63. The second kappa shape index (κ2) is 8.64. The fourth-order valence-electron chi connectivity index (χ4n) is 2.38. The number of esters is 1. The Hall–Kier alpha value is -2.64. The van der Waals surface area contributed by atoms with Crippen molar-refractivity contribution >= 4 is 34.6 Å². The van der Waals surface area contributed by atoms with Gasteiger partial charge in [0.1, 0.15) is 10.6 Å². The first-order valence-electron chi connectivity index (χ1n) is 7.86. The van der Waals surface area contributed by atoms with Gasteiger partial charge < -0.3 is 14.8 Å². The molecule has 3 rings (SSSR count). The normalized spacial score (nSPS) is 11.6. The van der Waals surface area contributed by atoms with Crippen molar-refractivity contribution in [3.05, 3.63) is 74.6 Å². The van der Waals surface area contributed by atoms with Gasteiger partial charge in [0, 0.05) is 10.4 Å². The van der Waals surface area contributed by atoms with Gasteiger partial charge in [0.05, 0.1) is 13.7 Å². The van der Waals surface area contributed by atoms with E-state index in [1.807, 2.05) is 17.5 Å². The van der Waals surface area contributed by atoms with Crippen molar-refractivity contribution in [3.63, 3.8) is 0 Å². The molecule has 1 amide bonds. The van der Waals surface area contributed by atoms with Gasteiger partial charge in [-0.25, -0.2) is 4.79 Å². The molecule has 0 saturated heterocycles. The third kappa shape index (κ3) is 4.30. The van der Waals surface area contributed by atoms with Gasteiger partial charge in [-0.1, -0.05) is 30.3 Å². The Balaban J connectivity index is 1.82. The number of para-hydroxylation sites is 1. The lowest BCUT2D eigenvalue weighted by molar-refractivity contribution is -0.130. The molecular formula is C19H17NO4S2. The van der Waals surface area contributed by atoms with Gasteiger partial charge in [-0.3, -0.25) is 4.79 Å². The predicted molar refractivity (Wildman–Crippen MR) is 102 cm³/mol. The Kier molecular flexibility index (Phi) is 6.04. The Bertz CT molecular complexity index is 860. The van der Waals surface area contributed by atoms with Crippen LogP contribution in [0.2, 0.25) is 0 Å². The molecule has 0 bridgehead atoms. The lowest BCUT2D eigenvalue weighted by Gasteiger charge is -2.19. The van der Waals surface area contributed by atoms with Gasteiger partial charge in [0.15, 0.2) is 0 Å². The highest BCUT2D eigenvalue weighted by atomic mass is 32.1. The average molecular weight is 387 g/mol. The van der Waals surface area contributed by atoms with Crippen LogP contribution < -0.4 is 10.1 Å². The summed E-state index contributed by atoms with van der Waals surface area (Å²) in [6.07, 6.45) is -1.10.